The summed E-state index contributed by atoms with van der Waals surface area (Å²) in [6.45, 7) is 4.23. The fourth-order valence-electron chi connectivity index (χ4n) is 3.40. The minimum absolute atomic E-state index is 0.0870. The summed E-state index contributed by atoms with van der Waals surface area (Å²) >= 11 is 0. The van der Waals surface area contributed by atoms with Crippen LogP contribution in [0.15, 0.2) is 53.3 Å². The molecule has 1 aromatic heterocycles. The molecule has 0 N–H and O–H groups in total. The Bertz CT molecular complexity index is 985. The van der Waals surface area contributed by atoms with Gasteiger partial charge in [-0.15, -0.1) is 0 Å². The van der Waals surface area contributed by atoms with E-state index in [9.17, 15) is 9.18 Å². The van der Waals surface area contributed by atoms with E-state index >= 15 is 0 Å². The Morgan fingerprint density at radius 2 is 1.88 bits per heavy atom. The molecule has 2 heterocycles. The number of aromatic nitrogens is 2. The van der Waals surface area contributed by atoms with Gasteiger partial charge in [-0.2, -0.15) is 5.10 Å². The summed E-state index contributed by atoms with van der Waals surface area (Å²) in [6.07, 6.45) is -0.137. The van der Waals surface area contributed by atoms with E-state index in [-0.39, 0.29) is 17.5 Å². The van der Waals surface area contributed by atoms with Crippen LogP contribution in [0.5, 0.6) is 0 Å². The lowest BCUT2D eigenvalue weighted by Crippen LogP contribution is -2.42. The lowest BCUT2D eigenvalue weighted by Gasteiger charge is -2.33. The van der Waals surface area contributed by atoms with E-state index in [1.54, 1.807) is 12.1 Å². The maximum atomic E-state index is 13.1. The second-order valence-electron chi connectivity index (χ2n) is 6.57. The van der Waals surface area contributed by atoms with Crippen molar-refractivity contribution in [3.05, 3.63) is 76.0 Å². The molecule has 1 fully saturated rings. The molecule has 1 aliphatic rings. The summed E-state index contributed by atoms with van der Waals surface area (Å²) in [4.78, 5) is 14.9. The molecule has 2 aromatic carbocycles. The molecule has 0 amide bonds. The predicted octanol–water partition coefficient (Wildman–Crippen LogP) is 2.88. The number of benzene rings is 2. The van der Waals surface area contributed by atoms with Crippen LogP contribution >= 0.6 is 0 Å². The number of halogens is 1. The average Bonchev–Trinajstić information content (AvgIpc) is 2.67. The molecule has 1 unspecified atom stereocenters. The van der Waals surface area contributed by atoms with Gasteiger partial charge in [-0.05, 0) is 30.7 Å². The number of hydrogen-bond donors (Lipinski definition) is 0. The maximum Gasteiger partial charge on any atom is 0.275 e. The molecule has 4 rings (SSSR count). The molecule has 0 radical (unpaired) electrons. The zero-order valence-electron chi connectivity index (χ0n) is 14.6. The first-order valence-electron chi connectivity index (χ1n) is 8.68. The van der Waals surface area contributed by atoms with Crippen molar-refractivity contribution in [3.8, 4) is 0 Å². The van der Waals surface area contributed by atoms with E-state index in [2.05, 4.69) is 10.00 Å². The Labute approximate surface area is 150 Å². The van der Waals surface area contributed by atoms with Crippen molar-refractivity contribution in [2.45, 2.75) is 19.7 Å². The van der Waals surface area contributed by atoms with Crippen LogP contribution in [0.4, 0.5) is 4.39 Å². The Balaban J connectivity index is 1.57. The molecule has 0 bridgehead atoms. The van der Waals surface area contributed by atoms with Gasteiger partial charge in [0.05, 0.1) is 30.5 Å². The third kappa shape index (κ3) is 3.25. The van der Waals surface area contributed by atoms with Crippen LogP contribution in [-0.4, -0.2) is 34.4 Å². The zero-order chi connectivity index (χ0) is 18.1. The topological polar surface area (TPSA) is 47.4 Å². The van der Waals surface area contributed by atoms with E-state index in [0.717, 1.165) is 23.2 Å². The summed E-state index contributed by atoms with van der Waals surface area (Å²) in [7, 11) is 0. The lowest BCUT2D eigenvalue weighted by molar-refractivity contribution is -0.0422. The Morgan fingerprint density at radius 3 is 2.65 bits per heavy atom. The van der Waals surface area contributed by atoms with E-state index < -0.39 is 0 Å². The van der Waals surface area contributed by atoms with Crippen LogP contribution in [-0.2, 0) is 11.4 Å². The molecule has 5 nitrogen and oxygen atoms in total. The van der Waals surface area contributed by atoms with Crippen molar-refractivity contribution in [1.82, 2.24) is 14.7 Å². The van der Waals surface area contributed by atoms with Gasteiger partial charge in [0.2, 0.25) is 0 Å². The van der Waals surface area contributed by atoms with Crippen LogP contribution in [0.2, 0.25) is 0 Å². The highest BCUT2D eigenvalue weighted by atomic mass is 19.1. The molecule has 134 valence electrons. The highest BCUT2D eigenvalue weighted by molar-refractivity contribution is 5.83. The van der Waals surface area contributed by atoms with Gasteiger partial charge in [0.15, 0.2) is 0 Å². The van der Waals surface area contributed by atoms with Crippen LogP contribution in [0.25, 0.3) is 10.8 Å². The molecule has 26 heavy (non-hydrogen) atoms. The SMILES string of the molecule is Cc1nn(CN2CCOC(c3ccc(F)cc3)C2)c(=O)c2ccccc12. The molecule has 1 atom stereocenters. The summed E-state index contributed by atoms with van der Waals surface area (Å²) in [6, 6.07) is 13.9. The molecule has 3 aromatic rings. The molecular formula is C20H20FN3O2. The molecule has 0 aliphatic carbocycles. The maximum absolute atomic E-state index is 13.1. The summed E-state index contributed by atoms with van der Waals surface area (Å²) in [5, 5.41) is 6.05. The van der Waals surface area contributed by atoms with Crippen LogP contribution in [0.3, 0.4) is 0 Å². The lowest BCUT2D eigenvalue weighted by atomic mass is 10.1. The van der Waals surface area contributed by atoms with Crippen molar-refractivity contribution >= 4 is 10.8 Å². The summed E-state index contributed by atoms with van der Waals surface area (Å²) in [5.41, 5.74) is 1.69. The molecule has 1 saturated heterocycles. The first-order valence-corrected chi connectivity index (χ1v) is 8.68. The van der Waals surface area contributed by atoms with Crippen molar-refractivity contribution in [1.29, 1.82) is 0 Å². The summed E-state index contributed by atoms with van der Waals surface area (Å²) < 4.78 is 20.5. The van der Waals surface area contributed by atoms with Gasteiger partial charge in [0.25, 0.3) is 5.56 Å². The van der Waals surface area contributed by atoms with Gasteiger partial charge in [-0.1, -0.05) is 30.3 Å². The van der Waals surface area contributed by atoms with Gasteiger partial charge >= 0.3 is 0 Å². The minimum Gasteiger partial charge on any atom is -0.371 e. The second-order valence-corrected chi connectivity index (χ2v) is 6.57. The largest absolute Gasteiger partial charge is 0.371 e. The number of fused-ring (bicyclic) bond motifs is 1. The third-order valence-electron chi connectivity index (χ3n) is 4.78. The Kier molecular flexibility index (Phi) is 4.53. The van der Waals surface area contributed by atoms with Crippen LogP contribution in [0.1, 0.15) is 17.4 Å². The van der Waals surface area contributed by atoms with Gasteiger partial charge in [0, 0.05) is 18.5 Å². The van der Waals surface area contributed by atoms with Crippen LogP contribution < -0.4 is 5.56 Å². The molecule has 0 saturated carbocycles. The standard InChI is InChI=1S/C20H20FN3O2/c1-14-17-4-2-3-5-18(17)20(25)24(22-14)13-23-10-11-26-19(12-23)15-6-8-16(21)9-7-15/h2-9,19H,10-13H2,1H3. The molecular weight excluding hydrogens is 333 g/mol. The first-order chi connectivity index (χ1) is 12.6. The Hall–Kier alpha value is -2.57. The van der Waals surface area contributed by atoms with Gasteiger partial charge in [-0.25, -0.2) is 9.07 Å². The van der Waals surface area contributed by atoms with E-state index in [1.807, 2.05) is 31.2 Å². The highest BCUT2D eigenvalue weighted by Gasteiger charge is 2.23. The fourth-order valence-corrected chi connectivity index (χ4v) is 3.40. The second kappa shape index (κ2) is 6.97. The van der Waals surface area contributed by atoms with E-state index in [0.29, 0.717) is 25.2 Å². The monoisotopic (exact) mass is 353 g/mol. The number of nitrogens with zero attached hydrogens (tertiary/aromatic N) is 3. The van der Waals surface area contributed by atoms with Crippen molar-refractivity contribution in [2.75, 3.05) is 19.7 Å². The number of hydrogen-bond acceptors (Lipinski definition) is 4. The highest BCUT2D eigenvalue weighted by Crippen LogP contribution is 2.22. The molecule has 1 aliphatic heterocycles. The van der Waals surface area contributed by atoms with Gasteiger partial charge in [0.1, 0.15) is 5.82 Å². The quantitative estimate of drug-likeness (QED) is 0.726. The van der Waals surface area contributed by atoms with Crippen molar-refractivity contribution in [2.24, 2.45) is 0 Å². The fraction of sp³-hybridized carbons (Fsp3) is 0.300. The van der Waals surface area contributed by atoms with E-state index in [4.69, 9.17) is 4.74 Å². The smallest absolute Gasteiger partial charge is 0.275 e. The van der Waals surface area contributed by atoms with Crippen molar-refractivity contribution < 1.29 is 9.13 Å². The number of ether oxygens (including phenoxy) is 1. The average molecular weight is 353 g/mol. The predicted molar refractivity (Wildman–Crippen MR) is 97.4 cm³/mol. The van der Waals surface area contributed by atoms with Gasteiger partial charge < -0.3 is 4.74 Å². The third-order valence-corrected chi connectivity index (χ3v) is 4.78. The number of morpholine rings is 1. The Morgan fingerprint density at radius 1 is 1.15 bits per heavy atom. The number of rotatable bonds is 3. The number of aryl methyl sites for hydroxylation is 1. The normalized spacial score (nSPS) is 18.3. The van der Waals surface area contributed by atoms with E-state index in [1.165, 1.54) is 16.8 Å². The molecule has 6 heteroatoms. The molecule has 0 spiro atoms. The van der Waals surface area contributed by atoms with Crippen molar-refractivity contribution in [3.63, 3.8) is 0 Å². The first kappa shape index (κ1) is 16.9. The van der Waals surface area contributed by atoms with Crippen LogP contribution in [0, 0.1) is 12.7 Å². The van der Waals surface area contributed by atoms with Gasteiger partial charge in [-0.3, -0.25) is 9.69 Å². The zero-order valence-corrected chi connectivity index (χ0v) is 14.6. The summed E-state index contributed by atoms with van der Waals surface area (Å²) in [5.74, 6) is -0.260. The minimum atomic E-state index is -0.260.